The van der Waals surface area contributed by atoms with Crippen molar-refractivity contribution in [3.8, 4) is 0 Å². The number of imidazole rings is 1. The van der Waals surface area contributed by atoms with Crippen LogP contribution >= 0.6 is 11.8 Å². The summed E-state index contributed by atoms with van der Waals surface area (Å²) >= 11 is 1.45. The van der Waals surface area contributed by atoms with E-state index in [1.807, 2.05) is 6.92 Å². The highest BCUT2D eigenvalue weighted by atomic mass is 32.2. The van der Waals surface area contributed by atoms with Crippen LogP contribution in [0.25, 0.3) is 11.2 Å². The molecule has 0 bridgehead atoms. The van der Waals surface area contributed by atoms with Gasteiger partial charge in [-0.15, -0.1) is 0 Å². The first-order chi connectivity index (χ1) is 10.1. The van der Waals surface area contributed by atoms with E-state index in [4.69, 9.17) is 5.73 Å². The van der Waals surface area contributed by atoms with Gasteiger partial charge < -0.3 is 10.7 Å². The second-order valence-electron chi connectivity index (χ2n) is 4.82. The van der Waals surface area contributed by atoms with Gasteiger partial charge in [-0.05, 0) is 37.1 Å². The normalized spacial score (nSPS) is 12.7. The zero-order valence-electron chi connectivity index (χ0n) is 11.4. The van der Waals surface area contributed by atoms with E-state index in [-0.39, 0.29) is 11.9 Å². The summed E-state index contributed by atoms with van der Waals surface area (Å²) in [6, 6.07) is 4.68. The van der Waals surface area contributed by atoms with Crippen LogP contribution in [0.15, 0.2) is 40.8 Å². The third-order valence-corrected chi connectivity index (χ3v) is 4.08. The average molecular weight is 303 g/mol. The zero-order chi connectivity index (χ0) is 14.8. The standard InChI is InChI=1S/C14H14FN5S/c1-8(16)4-9-5-10(15)2-3-11(9)21-14-12-13(18-6-17-12)19-7-20-14/h2-3,5-8H,4,16H2,1H3,(H,17,18,19,20). The lowest BCUT2D eigenvalue weighted by molar-refractivity contribution is 0.620. The summed E-state index contributed by atoms with van der Waals surface area (Å²) in [7, 11) is 0. The summed E-state index contributed by atoms with van der Waals surface area (Å²) in [6.07, 6.45) is 3.66. The average Bonchev–Trinajstić information content (AvgIpc) is 2.90. The van der Waals surface area contributed by atoms with Gasteiger partial charge in [-0.1, -0.05) is 11.8 Å². The molecular formula is C14H14FN5S. The van der Waals surface area contributed by atoms with E-state index >= 15 is 0 Å². The van der Waals surface area contributed by atoms with Crippen LogP contribution in [-0.4, -0.2) is 26.0 Å². The number of aromatic nitrogens is 4. The molecule has 0 saturated heterocycles. The van der Waals surface area contributed by atoms with Crippen LogP contribution in [0.4, 0.5) is 4.39 Å². The lowest BCUT2D eigenvalue weighted by Crippen LogP contribution is -2.18. The largest absolute Gasteiger partial charge is 0.341 e. The van der Waals surface area contributed by atoms with Crippen molar-refractivity contribution in [1.82, 2.24) is 19.9 Å². The third-order valence-electron chi connectivity index (χ3n) is 2.96. The minimum Gasteiger partial charge on any atom is -0.341 e. The molecule has 3 N–H and O–H groups in total. The van der Waals surface area contributed by atoms with Gasteiger partial charge in [0.1, 0.15) is 22.7 Å². The molecule has 2 aromatic heterocycles. The number of nitrogens with zero attached hydrogens (tertiary/aromatic N) is 3. The fraction of sp³-hybridized carbons (Fsp3) is 0.214. The van der Waals surface area contributed by atoms with Gasteiger partial charge in [0.25, 0.3) is 0 Å². The highest BCUT2D eigenvalue weighted by Gasteiger charge is 2.12. The molecule has 0 fully saturated rings. The lowest BCUT2D eigenvalue weighted by atomic mass is 10.1. The molecule has 3 rings (SSSR count). The predicted octanol–water partition coefficient (Wildman–Crippen LogP) is 2.53. The molecule has 3 aromatic rings. The van der Waals surface area contributed by atoms with Gasteiger partial charge in [-0.3, -0.25) is 0 Å². The van der Waals surface area contributed by atoms with Crippen molar-refractivity contribution in [1.29, 1.82) is 0 Å². The molecule has 0 radical (unpaired) electrons. The molecule has 0 saturated carbocycles. The Hall–Kier alpha value is -1.99. The molecule has 1 aromatic carbocycles. The Bertz CT molecular complexity index is 771. The number of H-pyrrole nitrogens is 1. The van der Waals surface area contributed by atoms with Crippen molar-refractivity contribution >= 4 is 22.9 Å². The molecule has 21 heavy (non-hydrogen) atoms. The number of aromatic amines is 1. The van der Waals surface area contributed by atoms with Crippen molar-refractivity contribution in [2.24, 2.45) is 5.73 Å². The second kappa shape index (κ2) is 5.79. The molecule has 2 heterocycles. The number of benzene rings is 1. The van der Waals surface area contributed by atoms with Gasteiger partial charge in [0, 0.05) is 10.9 Å². The Morgan fingerprint density at radius 2 is 2.19 bits per heavy atom. The van der Waals surface area contributed by atoms with Crippen LogP contribution < -0.4 is 5.73 Å². The first kappa shape index (κ1) is 14.0. The van der Waals surface area contributed by atoms with E-state index in [1.54, 1.807) is 12.4 Å². The fourth-order valence-electron chi connectivity index (χ4n) is 2.08. The molecule has 0 aliphatic rings. The molecular weight excluding hydrogens is 289 g/mol. The maximum Gasteiger partial charge on any atom is 0.181 e. The number of nitrogens with one attached hydrogen (secondary N) is 1. The van der Waals surface area contributed by atoms with Gasteiger partial charge in [0.2, 0.25) is 0 Å². The minimum atomic E-state index is -0.260. The molecule has 0 spiro atoms. The van der Waals surface area contributed by atoms with Crippen molar-refractivity contribution in [3.63, 3.8) is 0 Å². The maximum atomic E-state index is 13.4. The van der Waals surface area contributed by atoms with Crippen LogP contribution in [-0.2, 0) is 6.42 Å². The molecule has 5 nitrogen and oxygen atoms in total. The van der Waals surface area contributed by atoms with E-state index in [2.05, 4.69) is 19.9 Å². The first-order valence-corrected chi connectivity index (χ1v) is 7.31. The fourth-order valence-corrected chi connectivity index (χ4v) is 3.05. The molecule has 1 atom stereocenters. The minimum absolute atomic E-state index is 0.0382. The molecule has 0 aliphatic heterocycles. The summed E-state index contributed by atoms with van der Waals surface area (Å²) < 4.78 is 13.4. The van der Waals surface area contributed by atoms with Crippen molar-refractivity contribution in [2.75, 3.05) is 0 Å². The third kappa shape index (κ3) is 3.03. The smallest absolute Gasteiger partial charge is 0.181 e. The van der Waals surface area contributed by atoms with Gasteiger partial charge in [-0.2, -0.15) is 0 Å². The topological polar surface area (TPSA) is 80.5 Å². The Labute approximate surface area is 125 Å². The number of hydrogen-bond acceptors (Lipinski definition) is 5. The molecule has 1 unspecified atom stereocenters. The molecule has 108 valence electrons. The van der Waals surface area contributed by atoms with E-state index in [0.717, 1.165) is 21.0 Å². The van der Waals surface area contributed by atoms with Gasteiger partial charge in [0.15, 0.2) is 5.65 Å². The highest BCUT2D eigenvalue weighted by molar-refractivity contribution is 7.99. The summed E-state index contributed by atoms with van der Waals surface area (Å²) in [5.41, 5.74) is 8.10. The predicted molar refractivity (Wildman–Crippen MR) is 79.6 cm³/mol. The Kier molecular flexibility index (Phi) is 3.85. The van der Waals surface area contributed by atoms with Gasteiger partial charge in [0.05, 0.1) is 6.33 Å². The van der Waals surface area contributed by atoms with Crippen LogP contribution in [0.2, 0.25) is 0 Å². The van der Waals surface area contributed by atoms with Crippen LogP contribution in [0.3, 0.4) is 0 Å². The van der Waals surface area contributed by atoms with Gasteiger partial charge in [-0.25, -0.2) is 19.3 Å². The van der Waals surface area contributed by atoms with E-state index in [9.17, 15) is 4.39 Å². The number of halogens is 1. The lowest BCUT2D eigenvalue weighted by Gasteiger charge is -2.11. The van der Waals surface area contributed by atoms with Crippen molar-refractivity contribution in [2.45, 2.75) is 29.3 Å². The van der Waals surface area contributed by atoms with E-state index in [1.165, 1.54) is 30.2 Å². The monoisotopic (exact) mass is 303 g/mol. The highest BCUT2D eigenvalue weighted by Crippen LogP contribution is 2.32. The molecule has 0 aliphatic carbocycles. The SMILES string of the molecule is CC(N)Cc1cc(F)ccc1Sc1ncnc2nc[nH]c12. The molecule has 0 amide bonds. The van der Waals surface area contributed by atoms with Crippen LogP contribution in [0.5, 0.6) is 0 Å². The Morgan fingerprint density at radius 3 is 3.00 bits per heavy atom. The van der Waals surface area contributed by atoms with E-state index < -0.39 is 0 Å². The summed E-state index contributed by atoms with van der Waals surface area (Å²) in [5.74, 6) is -0.260. The Balaban J connectivity index is 1.99. The number of fused-ring (bicyclic) bond motifs is 1. The van der Waals surface area contributed by atoms with Crippen LogP contribution in [0, 0.1) is 5.82 Å². The Morgan fingerprint density at radius 1 is 1.33 bits per heavy atom. The number of hydrogen-bond donors (Lipinski definition) is 2. The first-order valence-electron chi connectivity index (χ1n) is 6.49. The summed E-state index contributed by atoms with van der Waals surface area (Å²) in [6.45, 7) is 1.90. The van der Waals surface area contributed by atoms with Crippen LogP contribution in [0.1, 0.15) is 12.5 Å². The molecule has 7 heteroatoms. The zero-order valence-corrected chi connectivity index (χ0v) is 12.2. The summed E-state index contributed by atoms with van der Waals surface area (Å²) in [4.78, 5) is 16.4. The second-order valence-corrected chi connectivity index (χ2v) is 5.85. The van der Waals surface area contributed by atoms with Gasteiger partial charge >= 0.3 is 0 Å². The summed E-state index contributed by atoms with van der Waals surface area (Å²) in [5, 5.41) is 0.759. The van der Waals surface area contributed by atoms with E-state index in [0.29, 0.717) is 12.1 Å². The number of rotatable bonds is 4. The maximum absolute atomic E-state index is 13.4. The quantitative estimate of drug-likeness (QED) is 0.724. The van der Waals surface area contributed by atoms with Crippen molar-refractivity contribution < 1.29 is 4.39 Å². The van der Waals surface area contributed by atoms with Crippen molar-refractivity contribution in [3.05, 3.63) is 42.2 Å². The number of nitrogens with two attached hydrogens (primary N) is 1.